The Morgan fingerprint density at radius 1 is 1.44 bits per heavy atom. The van der Waals surface area contributed by atoms with Crippen molar-refractivity contribution in [1.82, 2.24) is 9.97 Å². The molecular weight excluding hydrogens is 206 g/mol. The van der Waals surface area contributed by atoms with Gasteiger partial charge in [-0.05, 0) is 6.42 Å². The molecule has 6 nitrogen and oxygen atoms in total. The van der Waals surface area contributed by atoms with Crippen LogP contribution in [0.15, 0.2) is 6.07 Å². The smallest absolute Gasteiger partial charge is 0.227 e. The molecule has 2 rings (SSSR count). The molecule has 0 amide bonds. The van der Waals surface area contributed by atoms with Crippen molar-refractivity contribution in [3.8, 4) is 0 Å². The molecule has 0 saturated carbocycles. The summed E-state index contributed by atoms with van der Waals surface area (Å²) in [5, 5.41) is 0. The topological polar surface area (TPSA) is 76.3 Å². The summed E-state index contributed by atoms with van der Waals surface area (Å²) >= 11 is 0. The predicted molar refractivity (Wildman–Crippen MR) is 62.3 cm³/mol. The number of aryl methyl sites for hydroxylation is 1. The summed E-state index contributed by atoms with van der Waals surface area (Å²) in [4.78, 5) is 10.9. The van der Waals surface area contributed by atoms with Crippen LogP contribution in [0.4, 0.5) is 11.8 Å². The first-order valence-corrected chi connectivity index (χ1v) is 5.50. The number of hydrogen-bond acceptors (Lipinski definition) is 6. The molecule has 1 fully saturated rings. The number of ether oxygens (including phenoxy) is 1. The number of aromatic nitrogens is 2. The molecule has 0 atom stereocenters. The lowest BCUT2D eigenvalue weighted by atomic mass is 10.3. The first-order chi connectivity index (χ1) is 7.83. The fourth-order valence-electron chi connectivity index (χ4n) is 1.64. The summed E-state index contributed by atoms with van der Waals surface area (Å²) < 4.78 is 5.30. The van der Waals surface area contributed by atoms with Crippen molar-refractivity contribution in [3.63, 3.8) is 0 Å². The molecule has 0 aromatic carbocycles. The SMILES string of the molecule is CCc1cc(NN)nc(N2CCOCC2)n1. The van der Waals surface area contributed by atoms with Gasteiger partial charge in [0.15, 0.2) is 0 Å². The molecule has 0 radical (unpaired) electrons. The molecule has 1 saturated heterocycles. The van der Waals surface area contributed by atoms with Gasteiger partial charge in [0.2, 0.25) is 5.95 Å². The Morgan fingerprint density at radius 3 is 2.81 bits per heavy atom. The quantitative estimate of drug-likeness (QED) is 0.561. The molecule has 1 aliphatic heterocycles. The van der Waals surface area contributed by atoms with Gasteiger partial charge in [0.05, 0.1) is 13.2 Å². The van der Waals surface area contributed by atoms with Gasteiger partial charge in [-0.15, -0.1) is 0 Å². The number of rotatable bonds is 3. The number of nitrogen functional groups attached to an aromatic ring is 1. The molecule has 16 heavy (non-hydrogen) atoms. The first kappa shape index (κ1) is 11.1. The van der Waals surface area contributed by atoms with Gasteiger partial charge in [0, 0.05) is 24.8 Å². The van der Waals surface area contributed by atoms with Gasteiger partial charge >= 0.3 is 0 Å². The van der Waals surface area contributed by atoms with E-state index in [1.807, 2.05) is 6.07 Å². The van der Waals surface area contributed by atoms with Crippen molar-refractivity contribution in [3.05, 3.63) is 11.8 Å². The first-order valence-electron chi connectivity index (χ1n) is 5.50. The van der Waals surface area contributed by atoms with Gasteiger partial charge in [0.1, 0.15) is 5.82 Å². The maximum absolute atomic E-state index is 5.39. The highest BCUT2D eigenvalue weighted by Gasteiger charge is 2.14. The minimum Gasteiger partial charge on any atom is -0.378 e. The largest absolute Gasteiger partial charge is 0.378 e. The van der Waals surface area contributed by atoms with Gasteiger partial charge in [-0.3, -0.25) is 0 Å². The monoisotopic (exact) mass is 223 g/mol. The molecule has 0 spiro atoms. The van der Waals surface area contributed by atoms with Crippen LogP contribution in [0.2, 0.25) is 0 Å². The second-order valence-corrected chi connectivity index (χ2v) is 3.64. The average Bonchev–Trinajstić information content (AvgIpc) is 2.39. The molecule has 0 aliphatic carbocycles. The number of nitrogens with one attached hydrogen (secondary N) is 1. The Hall–Kier alpha value is -1.40. The van der Waals surface area contributed by atoms with Crippen molar-refractivity contribution < 1.29 is 4.74 Å². The van der Waals surface area contributed by atoms with Crippen LogP contribution in [0.3, 0.4) is 0 Å². The maximum atomic E-state index is 5.39. The minimum absolute atomic E-state index is 0.661. The molecule has 0 bridgehead atoms. The van der Waals surface area contributed by atoms with Gasteiger partial charge in [-0.2, -0.15) is 4.98 Å². The Morgan fingerprint density at radius 2 is 2.19 bits per heavy atom. The van der Waals surface area contributed by atoms with Crippen molar-refractivity contribution in [2.75, 3.05) is 36.6 Å². The Kier molecular flexibility index (Phi) is 3.53. The van der Waals surface area contributed by atoms with E-state index in [-0.39, 0.29) is 0 Å². The molecule has 0 unspecified atom stereocenters. The van der Waals surface area contributed by atoms with E-state index < -0.39 is 0 Å². The molecule has 1 aliphatic rings. The summed E-state index contributed by atoms with van der Waals surface area (Å²) in [7, 11) is 0. The predicted octanol–water partition coefficient (Wildman–Crippen LogP) is 0.161. The van der Waals surface area contributed by atoms with Crippen LogP contribution in [0.5, 0.6) is 0 Å². The third-order valence-electron chi connectivity index (χ3n) is 2.57. The summed E-state index contributed by atoms with van der Waals surface area (Å²) in [6.45, 7) is 5.18. The van der Waals surface area contributed by atoms with Crippen LogP contribution in [-0.2, 0) is 11.2 Å². The fourth-order valence-corrected chi connectivity index (χ4v) is 1.64. The standard InChI is InChI=1S/C10H17N5O/c1-2-8-7-9(14-11)13-10(12-8)15-3-5-16-6-4-15/h7H,2-6,11H2,1H3,(H,12,13,14). The lowest BCUT2D eigenvalue weighted by Crippen LogP contribution is -2.37. The van der Waals surface area contributed by atoms with Crippen LogP contribution >= 0.6 is 0 Å². The van der Waals surface area contributed by atoms with Crippen LogP contribution < -0.4 is 16.2 Å². The molecular formula is C10H17N5O. The van der Waals surface area contributed by atoms with E-state index in [1.54, 1.807) is 0 Å². The summed E-state index contributed by atoms with van der Waals surface area (Å²) in [5.74, 6) is 6.78. The number of hydrogen-bond donors (Lipinski definition) is 2. The van der Waals surface area contributed by atoms with E-state index in [0.29, 0.717) is 5.82 Å². The number of anilines is 2. The summed E-state index contributed by atoms with van der Waals surface area (Å²) in [6, 6.07) is 1.87. The van der Waals surface area contributed by atoms with E-state index >= 15 is 0 Å². The molecule has 1 aromatic rings. The molecule has 6 heteroatoms. The average molecular weight is 223 g/mol. The Bertz CT molecular complexity index is 329. The molecule has 1 aromatic heterocycles. The number of nitrogens with zero attached hydrogens (tertiary/aromatic N) is 3. The minimum atomic E-state index is 0.661. The van der Waals surface area contributed by atoms with Crippen LogP contribution in [0, 0.1) is 0 Å². The zero-order valence-corrected chi connectivity index (χ0v) is 9.44. The highest BCUT2D eigenvalue weighted by molar-refractivity contribution is 5.43. The fraction of sp³-hybridized carbons (Fsp3) is 0.600. The summed E-state index contributed by atoms with van der Waals surface area (Å²) in [5.41, 5.74) is 3.56. The van der Waals surface area contributed by atoms with E-state index in [2.05, 4.69) is 27.2 Å². The number of nitrogens with two attached hydrogens (primary N) is 1. The van der Waals surface area contributed by atoms with E-state index in [0.717, 1.165) is 44.4 Å². The zero-order valence-electron chi connectivity index (χ0n) is 9.44. The Balaban J connectivity index is 2.24. The van der Waals surface area contributed by atoms with Gasteiger partial charge < -0.3 is 15.1 Å². The highest BCUT2D eigenvalue weighted by Crippen LogP contribution is 2.14. The van der Waals surface area contributed by atoms with Crippen LogP contribution in [0.1, 0.15) is 12.6 Å². The third-order valence-corrected chi connectivity index (χ3v) is 2.57. The van der Waals surface area contributed by atoms with E-state index in [1.165, 1.54) is 0 Å². The van der Waals surface area contributed by atoms with Gasteiger partial charge in [0.25, 0.3) is 0 Å². The molecule has 3 N–H and O–H groups in total. The van der Waals surface area contributed by atoms with Crippen molar-refractivity contribution in [2.45, 2.75) is 13.3 Å². The highest BCUT2D eigenvalue weighted by atomic mass is 16.5. The Labute approximate surface area is 94.8 Å². The van der Waals surface area contributed by atoms with E-state index in [4.69, 9.17) is 10.6 Å². The molecule has 2 heterocycles. The lowest BCUT2D eigenvalue weighted by Gasteiger charge is -2.27. The third kappa shape index (κ3) is 2.40. The normalized spacial score (nSPS) is 16.2. The van der Waals surface area contributed by atoms with Crippen molar-refractivity contribution in [1.29, 1.82) is 0 Å². The van der Waals surface area contributed by atoms with Crippen molar-refractivity contribution in [2.24, 2.45) is 5.84 Å². The maximum Gasteiger partial charge on any atom is 0.227 e. The van der Waals surface area contributed by atoms with E-state index in [9.17, 15) is 0 Å². The second kappa shape index (κ2) is 5.09. The van der Waals surface area contributed by atoms with Crippen molar-refractivity contribution >= 4 is 11.8 Å². The van der Waals surface area contributed by atoms with Gasteiger partial charge in [-0.1, -0.05) is 6.92 Å². The second-order valence-electron chi connectivity index (χ2n) is 3.64. The summed E-state index contributed by atoms with van der Waals surface area (Å²) in [6.07, 6.45) is 0.870. The number of morpholine rings is 1. The van der Waals surface area contributed by atoms with Gasteiger partial charge in [-0.25, -0.2) is 10.8 Å². The number of hydrazine groups is 1. The molecule has 88 valence electrons. The zero-order chi connectivity index (χ0) is 11.4. The lowest BCUT2D eigenvalue weighted by molar-refractivity contribution is 0.122. The van der Waals surface area contributed by atoms with Crippen LogP contribution in [-0.4, -0.2) is 36.3 Å². The van der Waals surface area contributed by atoms with Crippen LogP contribution in [0.25, 0.3) is 0 Å².